The van der Waals surface area contributed by atoms with E-state index in [0.717, 1.165) is 11.3 Å². The van der Waals surface area contributed by atoms with E-state index in [4.69, 9.17) is 10.2 Å². The third-order valence-electron chi connectivity index (χ3n) is 4.23. The standard InChI is InChI=1S/C20H20N4O4/c1-11(2)17-10-22-20(28-17)13-4-6-14(7-5-13)23-19(25)15-8-12(3)9-16(18(15)21)24(26)27/h4-11H,21H2,1-3H3,(H,23,25). The van der Waals surface area contributed by atoms with E-state index in [9.17, 15) is 14.9 Å². The Balaban J connectivity index is 1.81. The Hall–Kier alpha value is -3.68. The van der Waals surface area contributed by atoms with Crippen LogP contribution in [-0.2, 0) is 0 Å². The van der Waals surface area contributed by atoms with Crippen molar-refractivity contribution in [2.45, 2.75) is 26.7 Å². The lowest BCUT2D eigenvalue weighted by molar-refractivity contribution is -0.384. The van der Waals surface area contributed by atoms with Gasteiger partial charge in [0.2, 0.25) is 5.89 Å². The molecule has 3 N–H and O–H groups in total. The minimum absolute atomic E-state index is 0.0602. The summed E-state index contributed by atoms with van der Waals surface area (Å²) in [5.74, 6) is 1.02. The number of nitro groups is 1. The van der Waals surface area contributed by atoms with E-state index in [-0.39, 0.29) is 22.9 Å². The second-order valence-corrected chi connectivity index (χ2v) is 6.76. The molecule has 0 aliphatic heterocycles. The van der Waals surface area contributed by atoms with Crippen molar-refractivity contribution < 1.29 is 14.1 Å². The van der Waals surface area contributed by atoms with Crippen LogP contribution >= 0.6 is 0 Å². The van der Waals surface area contributed by atoms with E-state index in [1.807, 2.05) is 13.8 Å². The van der Waals surface area contributed by atoms with Crippen LogP contribution < -0.4 is 11.1 Å². The molecule has 0 fully saturated rings. The Kier molecular flexibility index (Phi) is 5.12. The largest absolute Gasteiger partial charge is 0.441 e. The van der Waals surface area contributed by atoms with Crippen LogP contribution in [0.5, 0.6) is 0 Å². The number of oxazole rings is 1. The van der Waals surface area contributed by atoms with Gasteiger partial charge < -0.3 is 15.5 Å². The van der Waals surface area contributed by atoms with Crippen molar-refractivity contribution in [3.05, 3.63) is 69.6 Å². The van der Waals surface area contributed by atoms with Gasteiger partial charge in [-0.1, -0.05) is 13.8 Å². The van der Waals surface area contributed by atoms with E-state index in [0.29, 0.717) is 17.1 Å². The topological polar surface area (TPSA) is 124 Å². The summed E-state index contributed by atoms with van der Waals surface area (Å²) in [6.07, 6.45) is 1.70. The highest BCUT2D eigenvalue weighted by atomic mass is 16.6. The number of anilines is 2. The number of aromatic nitrogens is 1. The number of benzene rings is 2. The number of carbonyl (C=O) groups excluding carboxylic acids is 1. The summed E-state index contributed by atoms with van der Waals surface area (Å²) in [4.78, 5) is 27.3. The number of hydrogen-bond acceptors (Lipinski definition) is 6. The molecule has 0 saturated carbocycles. The average molecular weight is 380 g/mol. The van der Waals surface area contributed by atoms with Crippen molar-refractivity contribution in [1.82, 2.24) is 4.98 Å². The zero-order valence-electron chi connectivity index (χ0n) is 15.7. The quantitative estimate of drug-likeness (QED) is 0.381. The van der Waals surface area contributed by atoms with Crippen LogP contribution in [0.3, 0.4) is 0 Å². The lowest BCUT2D eigenvalue weighted by Gasteiger charge is -2.09. The third kappa shape index (κ3) is 3.85. The zero-order chi connectivity index (χ0) is 20.4. The molecule has 0 radical (unpaired) electrons. The molecular weight excluding hydrogens is 360 g/mol. The molecule has 0 aliphatic rings. The molecule has 0 spiro atoms. The van der Waals surface area contributed by atoms with Gasteiger partial charge in [-0.2, -0.15) is 0 Å². The van der Waals surface area contributed by atoms with Crippen LogP contribution in [0.2, 0.25) is 0 Å². The Morgan fingerprint density at radius 3 is 2.50 bits per heavy atom. The van der Waals surface area contributed by atoms with Gasteiger partial charge in [0.05, 0.1) is 16.7 Å². The van der Waals surface area contributed by atoms with Crippen molar-refractivity contribution >= 4 is 23.0 Å². The summed E-state index contributed by atoms with van der Waals surface area (Å²) in [6.45, 7) is 5.70. The molecule has 0 unspecified atom stereocenters. The maximum absolute atomic E-state index is 12.6. The van der Waals surface area contributed by atoms with Crippen LogP contribution in [0.1, 0.15) is 41.4 Å². The van der Waals surface area contributed by atoms with Crippen LogP contribution in [0, 0.1) is 17.0 Å². The number of nitrogens with one attached hydrogen (secondary N) is 1. The summed E-state index contributed by atoms with van der Waals surface area (Å²) in [7, 11) is 0. The number of nitrogens with two attached hydrogens (primary N) is 1. The molecule has 0 bridgehead atoms. The Morgan fingerprint density at radius 2 is 1.93 bits per heavy atom. The van der Waals surface area contributed by atoms with Gasteiger partial charge in [-0.25, -0.2) is 4.98 Å². The van der Waals surface area contributed by atoms with E-state index in [2.05, 4.69) is 10.3 Å². The van der Waals surface area contributed by atoms with Gasteiger partial charge in [-0.05, 0) is 42.8 Å². The first-order chi connectivity index (χ1) is 13.3. The predicted octanol–water partition coefficient (Wildman–Crippen LogP) is 4.52. The third-order valence-corrected chi connectivity index (χ3v) is 4.23. The molecule has 144 valence electrons. The Bertz CT molecular complexity index is 1040. The highest BCUT2D eigenvalue weighted by Gasteiger charge is 2.20. The lowest BCUT2D eigenvalue weighted by Crippen LogP contribution is -2.15. The fourth-order valence-corrected chi connectivity index (χ4v) is 2.70. The maximum atomic E-state index is 12.6. The van der Waals surface area contributed by atoms with Crippen molar-refractivity contribution in [1.29, 1.82) is 0 Å². The molecule has 1 heterocycles. The first-order valence-corrected chi connectivity index (χ1v) is 8.68. The van der Waals surface area contributed by atoms with Gasteiger partial charge in [-0.15, -0.1) is 0 Å². The van der Waals surface area contributed by atoms with E-state index in [1.165, 1.54) is 12.1 Å². The highest BCUT2D eigenvalue weighted by molar-refractivity contribution is 6.09. The molecule has 28 heavy (non-hydrogen) atoms. The SMILES string of the molecule is Cc1cc(C(=O)Nc2ccc(-c3ncc(C(C)C)o3)cc2)c(N)c([N+](=O)[O-])c1. The predicted molar refractivity (Wildman–Crippen MR) is 106 cm³/mol. The minimum Gasteiger partial charge on any atom is -0.441 e. The van der Waals surface area contributed by atoms with Crippen LogP contribution in [0.15, 0.2) is 47.0 Å². The van der Waals surface area contributed by atoms with Gasteiger partial charge in [0.25, 0.3) is 11.6 Å². The van der Waals surface area contributed by atoms with E-state index in [1.54, 1.807) is 37.4 Å². The number of rotatable bonds is 5. The zero-order valence-corrected chi connectivity index (χ0v) is 15.7. The first kappa shape index (κ1) is 19.1. The van der Waals surface area contributed by atoms with Gasteiger partial charge in [-0.3, -0.25) is 14.9 Å². The number of nitrogens with zero attached hydrogens (tertiary/aromatic N) is 2. The van der Waals surface area contributed by atoms with Gasteiger partial charge in [0.15, 0.2) is 0 Å². The van der Waals surface area contributed by atoms with Crippen molar-refractivity contribution in [2.75, 3.05) is 11.1 Å². The van der Waals surface area contributed by atoms with Crippen LogP contribution in [-0.4, -0.2) is 15.8 Å². The molecule has 8 heteroatoms. The Labute approximate surface area is 161 Å². The lowest BCUT2D eigenvalue weighted by atomic mass is 10.1. The number of hydrogen-bond donors (Lipinski definition) is 2. The van der Waals surface area contributed by atoms with E-state index < -0.39 is 10.8 Å². The maximum Gasteiger partial charge on any atom is 0.293 e. The molecule has 0 atom stereocenters. The number of amides is 1. The second-order valence-electron chi connectivity index (χ2n) is 6.76. The fourth-order valence-electron chi connectivity index (χ4n) is 2.70. The second kappa shape index (κ2) is 7.51. The summed E-state index contributed by atoms with van der Waals surface area (Å²) in [5, 5.41) is 13.8. The molecule has 8 nitrogen and oxygen atoms in total. The van der Waals surface area contributed by atoms with Crippen molar-refractivity contribution in [3.63, 3.8) is 0 Å². The van der Waals surface area contributed by atoms with Crippen LogP contribution in [0.25, 0.3) is 11.5 Å². The molecule has 2 aromatic carbocycles. The monoisotopic (exact) mass is 380 g/mol. The van der Waals surface area contributed by atoms with E-state index >= 15 is 0 Å². The average Bonchev–Trinajstić information content (AvgIpc) is 3.14. The Morgan fingerprint density at radius 1 is 1.25 bits per heavy atom. The normalized spacial score (nSPS) is 10.9. The van der Waals surface area contributed by atoms with Gasteiger partial charge in [0, 0.05) is 23.2 Å². The molecule has 1 amide bonds. The van der Waals surface area contributed by atoms with Crippen LogP contribution in [0.4, 0.5) is 17.1 Å². The van der Waals surface area contributed by atoms with Crippen molar-refractivity contribution in [2.24, 2.45) is 0 Å². The number of aryl methyl sites for hydroxylation is 1. The molecule has 3 rings (SSSR count). The minimum atomic E-state index is -0.602. The molecular formula is C20H20N4O4. The van der Waals surface area contributed by atoms with Gasteiger partial charge >= 0.3 is 0 Å². The first-order valence-electron chi connectivity index (χ1n) is 8.68. The van der Waals surface area contributed by atoms with Gasteiger partial charge in [0.1, 0.15) is 11.4 Å². The summed E-state index contributed by atoms with van der Waals surface area (Å²) in [6, 6.07) is 9.80. The fraction of sp³-hybridized carbons (Fsp3) is 0.200. The number of nitrogen functional groups attached to an aromatic ring is 1. The van der Waals surface area contributed by atoms with Crippen molar-refractivity contribution in [3.8, 4) is 11.5 Å². The smallest absolute Gasteiger partial charge is 0.293 e. The molecule has 0 saturated heterocycles. The summed E-state index contributed by atoms with van der Waals surface area (Å²) < 4.78 is 5.71. The summed E-state index contributed by atoms with van der Waals surface area (Å²) >= 11 is 0. The summed E-state index contributed by atoms with van der Waals surface area (Å²) in [5.41, 5.74) is 7.29. The number of carbonyl (C=O) groups is 1. The highest BCUT2D eigenvalue weighted by Crippen LogP contribution is 2.28. The number of nitro benzene ring substituents is 1. The molecule has 3 aromatic rings. The molecule has 1 aromatic heterocycles. The molecule has 0 aliphatic carbocycles.